The van der Waals surface area contributed by atoms with Gasteiger partial charge in [0.2, 0.25) is 0 Å². The number of carbonyl (C=O) groups excluding carboxylic acids is 1. The summed E-state index contributed by atoms with van der Waals surface area (Å²) in [7, 11) is -3.85. The fourth-order valence-corrected chi connectivity index (χ4v) is 6.29. The number of aromatic nitrogens is 2. The predicted molar refractivity (Wildman–Crippen MR) is 135 cm³/mol. The summed E-state index contributed by atoms with van der Waals surface area (Å²) >= 11 is 0. The third-order valence-corrected chi connectivity index (χ3v) is 8.57. The summed E-state index contributed by atoms with van der Waals surface area (Å²) < 4.78 is 54.1. The number of sulfone groups is 1. The molecule has 2 N–H and O–H groups in total. The van der Waals surface area contributed by atoms with E-state index in [2.05, 4.69) is 9.97 Å². The lowest BCUT2D eigenvalue weighted by Gasteiger charge is -2.38. The van der Waals surface area contributed by atoms with Gasteiger partial charge < -0.3 is 15.0 Å². The van der Waals surface area contributed by atoms with Crippen LogP contribution in [0.3, 0.4) is 0 Å². The van der Waals surface area contributed by atoms with Gasteiger partial charge in [-0.15, -0.1) is 0 Å². The van der Waals surface area contributed by atoms with Crippen LogP contribution in [-0.4, -0.2) is 47.4 Å². The van der Waals surface area contributed by atoms with Crippen LogP contribution in [0.1, 0.15) is 34.3 Å². The summed E-state index contributed by atoms with van der Waals surface area (Å²) in [6.45, 7) is 0.267. The van der Waals surface area contributed by atoms with Crippen LogP contribution in [0.4, 0.5) is 8.78 Å². The molecule has 1 aromatic heterocycles. The summed E-state index contributed by atoms with van der Waals surface area (Å²) in [5.74, 6) is -2.81. The summed E-state index contributed by atoms with van der Waals surface area (Å²) in [5, 5.41) is 11.1. The Hall–Kier alpha value is -3.96. The van der Waals surface area contributed by atoms with Crippen molar-refractivity contribution in [3.8, 4) is 0 Å². The average Bonchev–Trinajstić information content (AvgIpc) is 2.90. The molecule has 5 rings (SSSR count). The summed E-state index contributed by atoms with van der Waals surface area (Å²) in [4.78, 5) is 32.9. The van der Waals surface area contributed by atoms with Gasteiger partial charge in [0.1, 0.15) is 0 Å². The van der Waals surface area contributed by atoms with E-state index in [0.717, 1.165) is 12.4 Å². The zero-order chi connectivity index (χ0) is 27.1. The molecule has 8 nitrogen and oxygen atoms in total. The van der Waals surface area contributed by atoms with Crippen LogP contribution in [-0.2, 0) is 21.2 Å². The number of para-hydroxylation sites is 1. The predicted octanol–water partition coefficient (Wildman–Crippen LogP) is 3.30. The third kappa shape index (κ3) is 4.70. The molecule has 1 saturated heterocycles. The van der Waals surface area contributed by atoms with Gasteiger partial charge in [0.15, 0.2) is 21.5 Å². The van der Waals surface area contributed by atoms with Crippen molar-refractivity contribution in [3.63, 3.8) is 0 Å². The van der Waals surface area contributed by atoms with Crippen LogP contribution in [0.15, 0.2) is 76.7 Å². The molecule has 1 fully saturated rings. The van der Waals surface area contributed by atoms with Gasteiger partial charge in [-0.2, -0.15) is 0 Å². The maximum Gasteiger partial charge on any atom is 0.258 e. The van der Waals surface area contributed by atoms with E-state index in [4.69, 9.17) is 0 Å². The van der Waals surface area contributed by atoms with Gasteiger partial charge in [-0.05, 0) is 48.7 Å². The molecule has 3 aromatic carbocycles. The Bertz CT molecular complexity index is 1700. The van der Waals surface area contributed by atoms with Crippen molar-refractivity contribution in [2.75, 3.05) is 13.1 Å². The molecule has 2 heterocycles. The number of likely N-dealkylation sites (tertiary alicyclic amines) is 1. The molecule has 0 radical (unpaired) electrons. The van der Waals surface area contributed by atoms with Crippen molar-refractivity contribution < 1.29 is 27.1 Å². The number of aromatic amines is 1. The molecule has 4 aromatic rings. The lowest BCUT2D eigenvalue weighted by Crippen LogP contribution is -2.45. The van der Waals surface area contributed by atoms with Crippen LogP contribution in [0.5, 0.6) is 0 Å². The zero-order valence-electron chi connectivity index (χ0n) is 20.0. The third-order valence-electron chi connectivity index (χ3n) is 6.86. The number of carbonyl (C=O) groups is 1. The van der Waals surface area contributed by atoms with E-state index in [9.17, 15) is 31.9 Å². The highest BCUT2D eigenvalue weighted by atomic mass is 32.2. The van der Waals surface area contributed by atoms with Crippen molar-refractivity contribution in [3.05, 3.63) is 106 Å². The van der Waals surface area contributed by atoms with E-state index in [1.807, 2.05) is 0 Å². The Balaban J connectivity index is 1.29. The van der Waals surface area contributed by atoms with Crippen LogP contribution >= 0.6 is 0 Å². The molecule has 1 aliphatic rings. The first-order valence-electron chi connectivity index (χ1n) is 11.8. The molecule has 0 bridgehead atoms. The quantitative estimate of drug-likeness (QED) is 0.402. The number of nitrogens with one attached hydrogen (secondary N) is 1. The minimum absolute atomic E-state index is 0.0390. The van der Waals surface area contributed by atoms with Crippen molar-refractivity contribution in [1.29, 1.82) is 0 Å². The monoisotopic (exact) mass is 539 g/mol. The minimum atomic E-state index is -3.85. The van der Waals surface area contributed by atoms with Crippen molar-refractivity contribution in [2.45, 2.75) is 29.1 Å². The number of nitrogens with zero attached hydrogens (tertiary/aromatic N) is 2. The fourth-order valence-electron chi connectivity index (χ4n) is 4.76. The normalized spacial score (nSPS) is 15.5. The number of H-pyrrole nitrogens is 1. The molecule has 38 heavy (non-hydrogen) atoms. The first-order chi connectivity index (χ1) is 18.1. The lowest BCUT2D eigenvalue weighted by molar-refractivity contribution is -0.0240. The molecule has 0 saturated carbocycles. The van der Waals surface area contributed by atoms with Crippen molar-refractivity contribution >= 4 is 26.6 Å². The first-order valence-corrected chi connectivity index (χ1v) is 13.5. The molecule has 0 aliphatic carbocycles. The number of fused-ring (bicyclic) bond motifs is 1. The van der Waals surface area contributed by atoms with Gasteiger partial charge >= 0.3 is 0 Å². The highest BCUT2D eigenvalue weighted by Crippen LogP contribution is 2.35. The largest absolute Gasteiger partial charge is 0.385 e. The molecule has 0 spiro atoms. The summed E-state index contributed by atoms with van der Waals surface area (Å²) in [6.07, 6.45) is 1.23. The van der Waals surface area contributed by atoms with Crippen LogP contribution in [0.2, 0.25) is 0 Å². The number of hydrogen-bond donors (Lipinski definition) is 2. The first kappa shape index (κ1) is 25.7. The molecule has 196 valence electrons. The fraction of sp³-hybridized carbons (Fsp3) is 0.222. The number of benzene rings is 3. The number of hydrogen-bond acceptors (Lipinski definition) is 6. The lowest BCUT2D eigenvalue weighted by atomic mass is 9.84. The number of piperidine rings is 1. The van der Waals surface area contributed by atoms with Crippen LogP contribution in [0, 0.1) is 11.6 Å². The van der Waals surface area contributed by atoms with E-state index >= 15 is 0 Å². The molecule has 1 amide bonds. The maximum atomic E-state index is 14.2. The number of halogens is 2. The molecule has 11 heteroatoms. The van der Waals surface area contributed by atoms with Gasteiger partial charge in [0, 0.05) is 24.2 Å². The second-order valence-corrected chi connectivity index (χ2v) is 11.2. The average molecular weight is 540 g/mol. The summed E-state index contributed by atoms with van der Waals surface area (Å²) in [6, 6.07) is 14.2. The standard InChI is InChI=1S/C27H23F2N3O5S/c28-21-5-2-4-20(23(21)29)27(35)11-13-32(14-12-27)26(34)18-9-7-17(8-10-18)15-38(36,37)22-6-1-3-19-24(22)30-16-31-25(19)33/h1-10,16,35H,11-15H2,(H,30,31,33). The number of aliphatic hydroxyl groups is 1. The van der Waals surface area contributed by atoms with Gasteiger partial charge in [0.25, 0.3) is 11.5 Å². The van der Waals surface area contributed by atoms with Crippen molar-refractivity contribution in [2.24, 2.45) is 0 Å². The molecular formula is C27H23F2N3O5S. The number of amides is 1. The highest BCUT2D eigenvalue weighted by Gasteiger charge is 2.38. The SMILES string of the molecule is O=C(c1ccc(CS(=O)(=O)c2cccc3c(=O)[nH]cnc23)cc1)N1CCC(O)(c2cccc(F)c2F)CC1. The highest BCUT2D eigenvalue weighted by molar-refractivity contribution is 7.90. The zero-order valence-corrected chi connectivity index (χ0v) is 20.8. The van der Waals surface area contributed by atoms with Gasteiger partial charge in [-0.25, -0.2) is 22.2 Å². The van der Waals surface area contributed by atoms with Crippen LogP contribution < -0.4 is 5.56 Å². The second-order valence-electron chi connectivity index (χ2n) is 9.27. The Morgan fingerprint density at radius 2 is 1.71 bits per heavy atom. The van der Waals surface area contributed by atoms with Crippen molar-refractivity contribution in [1.82, 2.24) is 14.9 Å². The molecule has 1 aliphatic heterocycles. The summed E-state index contributed by atoms with van der Waals surface area (Å²) in [5.41, 5.74) is -1.29. The van der Waals surface area contributed by atoms with Gasteiger partial charge in [-0.3, -0.25) is 9.59 Å². The van der Waals surface area contributed by atoms with Crippen LogP contribution in [0.25, 0.3) is 10.9 Å². The van der Waals surface area contributed by atoms with E-state index < -0.39 is 32.6 Å². The Kier molecular flexibility index (Phi) is 6.58. The minimum Gasteiger partial charge on any atom is -0.385 e. The second kappa shape index (κ2) is 9.73. The van der Waals surface area contributed by atoms with E-state index in [1.54, 1.807) is 12.1 Å². The topological polar surface area (TPSA) is 120 Å². The van der Waals surface area contributed by atoms with Gasteiger partial charge in [0.05, 0.1) is 33.5 Å². The number of rotatable bonds is 5. The molecule has 0 atom stereocenters. The van der Waals surface area contributed by atoms with E-state index in [-0.39, 0.29) is 59.0 Å². The molecule has 0 unspecified atom stereocenters. The van der Waals surface area contributed by atoms with E-state index in [1.165, 1.54) is 47.4 Å². The smallest absolute Gasteiger partial charge is 0.258 e. The molecular weight excluding hydrogens is 516 g/mol. The Morgan fingerprint density at radius 1 is 1.03 bits per heavy atom. The Morgan fingerprint density at radius 3 is 2.42 bits per heavy atom. The van der Waals surface area contributed by atoms with Gasteiger partial charge in [-0.1, -0.05) is 30.3 Å². The Labute approximate surface area is 216 Å². The maximum absolute atomic E-state index is 14.2. The van der Waals surface area contributed by atoms with E-state index in [0.29, 0.717) is 11.1 Å².